The average Bonchev–Trinajstić information content (AvgIpc) is 3.28. The van der Waals surface area contributed by atoms with Gasteiger partial charge in [0.05, 0.1) is 35.5 Å². The first-order valence-electron chi connectivity index (χ1n) is 9.81. The summed E-state index contributed by atoms with van der Waals surface area (Å²) < 4.78 is 20.0. The van der Waals surface area contributed by atoms with Gasteiger partial charge in [0.1, 0.15) is 11.6 Å². The zero-order valence-electron chi connectivity index (χ0n) is 17.0. The van der Waals surface area contributed by atoms with Crippen LogP contribution in [0.5, 0.6) is 0 Å². The van der Waals surface area contributed by atoms with Crippen LogP contribution in [-0.2, 0) is 11.3 Å². The number of thioether (sulfide) groups is 1. The van der Waals surface area contributed by atoms with Crippen molar-refractivity contribution in [3.63, 3.8) is 0 Å². The summed E-state index contributed by atoms with van der Waals surface area (Å²) in [6, 6.07) is 14.1. The summed E-state index contributed by atoms with van der Waals surface area (Å²) in [5, 5.41) is 4.15. The molecule has 4 rings (SSSR count). The molecule has 0 saturated carbocycles. The first kappa shape index (κ1) is 22.1. The molecule has 4 aromatic rings. The minimum atomic E-state index is -0.333. The molecule has 0 aliphatic carbocycles. The molecule has 6 nitrogen and oxygen atoms in total. The fourth-order valence-corrected chi connectivity index (χ4v) is 4.21. The molecule has 2 heterocycles. The van der Waals surface area contributed by atoms with Crippen LogP contribution in [0.25, 0.3) is 10.9 Å². The van der Waals surface area contributed by atoms with Crippen molar-refractivity contribution in [3.05, 3.63) is 93.4 Å². The van der Waals surface area contributed by atoms with Gasteiger partial charge in [-0.1, -0.05) is 35.5 Å². The van der Waals surface area contributed by atoms with Crippen LogP contribution < -0.4 is 10.9 Å². The van der Waals surface area contributed by atoms with Crippen molar-refractivity contribution < 1.29 is 13.6 Å². The molecule has 32 heavy (non-hydrogen) atoms. The van der Waals surface area contributed by atoms with Crippen LogP contribution in [0, 0.1) is 5.82 Å². The number of hydrogen-bond acceptors (Lipinski definition) is 5. The fraction of sp³-hybridized carbons (Fsp3) is 0.174. The highest BCUT2D eigenvalue weighted by Gasteiger charge is 2.16. The summed E-state index contributed by atoms with van der Waals surface area (Å²) >= 11 is 7.22. The lowest BCUT2D eigenvalue weighted by Gasteiger charge is -2.15. The van der Waals surface area contributed by atoms with Gasteiger partial charge in [0.2, 0.25) is 5.91 Å². The number of benzene rings is 2. The zero-order chi connectivity index (χ0) is 22.7. The molecule has 0 spiro atoms. The van der Waals surface area contributed by atoms with Crippen LogP contribution in [0.1, 0.15) is 24.3 Å². The van der Waals surface area contributed by atoms with Gasteiger partial charge in [0, 0.05) is 5.02 Å². The number of rotatable bonds is 7. The molecular weight excluding hydrogens is 453 g/mol. The van der Waals surface area contributed by atoms with Gasteiger partial charge in [-0.3, -0.25) is 14.2 Å². The minimum absolute atomic E-state index is 0.0439. The smallest absolute Gasteiger partial charge is 0.262 e. The quantitative estimate of drug-likeness (QED) is 0.309. The van der Waals surface area contributed by atoms with Crippen LogP contribution in [0.3, 0.4) is 0 Å². The van der Waals surface area contributed by atoms with Crippen LogP contribution in [0.15, 0.2) is 75.2 Å². The number of carbonyl (C=O) groups is 1. The Bertz CT molecular complexity index is 1310. The summed E-state index contributed by atoms with van der Waals surface area (Å²) in [5.74, 6) is 0.0671. The number of amides is 1. The highest BCUT2D eigenvalue weighted by atomic mass is 35.5. The van der Waals surface area contributed by atoms with E-state index in [9.17, 15) is 14.0 Å². The van der Waals surface area contributed by atoms with Crippen molar-refractivity contribution in [3.8, 4) is 0 Å². The number of nitrogens with zero attached hydrogens (tertiary/aromatic N) is 2. The van der Waals surface area contributed by atoms with Crippen LogP contribution in [0.2, 0.25) is 5.02 Å². The molecule has 2 aromatic carbocycles. The van der Waals surface area contributed by atoms with Gasteiger partial charge < -0.3 is 9.73 Å². The van der Waals surface area contributed by atoms with E-state index in [1.165, 1.54) is 23.0 Å². The third-order valence-electron chi connectivity index (χ3n) is 4.86. The molecule has 9 heteroatoms. The summed E-state index contributed by atoms with van der Waals surface area (Å²) in [6.45, 7) is 2.01. The van der Waals surface area contributed by atoms with Gasteiger partial charge in [0.25, 0.3) is 5.56 Å². The molecule has 1 atom stereocenters. The molecule has 2 aromatic heterocycles. The second kappa shape index (κ2) is 9.58. The summed E-state index contributed by atoms with van der Waals surface area (Å²) in [4.78, 5) is 30.2. The Balaban J connectivity index is 1.56. The van der Waals surface area contributed by atoms with Crippen molar-refractivity contribution in [2.75, 3.05) is 5.75 Å². The number of aromatic nitrogens is 2. The highest BCUT2D eigenvalue weighted by molar-refractivity contribution is 7.99. The van der Waals surface area contributed by atoms with E-state index in [0.29, 0.717) is 26.8 Å². The van der Waals surface area contributed by atoms with Gasteiger partial charge >= 0.3 is 0 Å². The minimum Gasteiger partial charge on any atom is -0.467 e. The Hall–Kier alpha value is -3.10. The Morgan fingerprint density at radius 1 is 1.25 bits per heavy atom. The summed E-state index contributed by atoms with van der Waals surface area (Å²) in [7, 11) is 0. The van der Waals surface area contributed by atoms with Gasteiger partial charge in [-0.15, -0.1) is 0 Å². The summed E-state index contributed by atoms with van der Waals surface area (Å²) in [5.41, 5.74) is 1.00. The Morgan fingerprint density at radius 3 is 2.75 bits per heavy atom. The number of furan rings is 1. The second-order valence-electron chi connectivity index (χ2n) is 7.16. The maximum Gasteiger partial charge on any atom is 0.262 e. The molecule has 0 fully saturated rings. The first-order valence-corrected chi connectivity index (χ1v) is 11.2. The standard InChI is InChI=1S/C23H19ClFN3O3S/c1-14(15-4-7-17(25)8-5-15)26-21(29)13-32-23-27-20-11-16(24)6-9-19(20)22(30)28(23)12-18-3-2-10-31-18/h2-11,14H,12-13H2,1H3,(H,26,29). The zero-order valence-corrected chi connectivity index (χ0v) is 18.6. The molecule has 1 amide bonds. The maximum atomic E-state index is 13.1. The van der Waals surface area contributed by atoms with Crippen molar-refractivity contribution in [1.29, 1.82) is 0 Å². The van der Waals surface area contributed by atoms with E-state index >= 15 is 0 Å². The van der Waals surface area contributed by atoms with Gasteiger partial charge in [0.15, 0.2) is 5.16 Å². The predicted molar refractivity (Wildman–Crippen MR) is 123 cm³/mol. The number of halogens is 2. The molecular formula is C23H19ClFN3O3S. The van der Waals surface area contributed by atoms with E-state index in [-0.39, 0.29) is 35.6 Å². The van der Waals surface area contributed by atoms with Crippen LogP contribution in [-0.4, -0.2) is 21.2 Å². The normalized spacial score (nSPS) is 12.1. The predicted octanol–water partition coefficient (Wildman–Crippen LogP) is 4.80. The topological polar surface area (TPSA) is 77.1 Å². The average molecular weight is 472 g/mol. The van der Waals surface area contributed by atoms with Crippen molar-refractivity contribution in [2.24, 2.45) is 0 Å². The highest BCUT2D eigenvalue weighted by Crippen LogP contribution is 2.22. The van der Waals surface area contributed by atoms with Crippen LogP contribution >= 0.6 is 23.4 Å². The third kappa shape index (κ3) is 5.03. The molecule has 0 saturated heterocycles. The molecule has 1 unspecified atom stereocenters. The SMILES string of the molecule is CC(NC(=O)CSc1nc2cc(Cl)ccc2c(=O)n1Cc1ccco1)c1ccc(F)cc1. The summed E-state index contributed by atoms with van der Waals surface area (Å²) in [6.07, 6.45) is 1.53. The van der Waals surface area contributed by atoms with E-state index < -0.39 is 0 Å². The second-order valence-corrected chi connectivity index (χ2v) is 8.53. The van der Waals surface area contributed by atoms with E-state index in [4.69, 9.17) is 16.0 Å². The Kier molecular flexibility index (Phi) is 6.62. The fourth-order valence-electron chi connectivity index (χ4n) is 3.23. The molecule has 0 radical (unpaired) electrons. The Morgan fingerprint density at radius 2 is 2.03 bits per heavy atom. The lowest BCUT2D eigenvalue weighted by atomic mass is 10.1. The molecule has 0 aliphatic heterocycles. The van der Waals surface area contributed by atoms with E-state index in [1.807, 2.05) is 6.92 Å². The molecule has 0 bridgehead atoms. The Labute approximate surface area is 192 Å². The molecule has 0 aliphatic rings. The lowest BCUT2D eigenvalue weighted by Crippen LogP contribution is -2.29. The number of nitrogens with one attached hydrogen (secondary N) is 1. The monoisotopic (exact) mass is 471 g/mol. The van der Waals surface area contributed by atoms with Gasteiger partial charge in [-0.2, -0.15) is 0 Å². The molecule has 1 N–H and O–H groups in total. The number of hydrogen-bond donors (Lipinski definition) is 1. The maximum absolute atomic E-state index is 13.1. The van der Waals surface area contributed by atoms with Crippen molar-refractivity contribution in [1.82, 2.24) is 14.9 Å². The third-order valence-corrected chi connectivity index (χ3v) is 6.07. The van der Waals surface area contributed by atoms with Crippen LogP contribution in [0.4, 0.5) is 4.39 Å². The largest absolute Gasteiger partial charge is 0.467 e. The van der Waals surface area contributed by atoms with Gasteiger partial charge in [-0.25, -0.2) is 9.37 Å². The van der Waals surface area contributed by atoms with Crippen molar-refractivity contribution >= 4 is 40.2 Å². The van der Waals surface area contributed by atoms with Gasteiger partial charge in [-0.05, 0) is 55.0 Å². The number of fused-ring (bicyclic) bond motifs is 1. The van der Waals surface area contributed by atoms with E-state index in [2.05, 4.69) is 10.3 Å². The van der Waals surface area contributed by atoms with E-state index in [1.54, 1.807) is 42.5 Å². The van der Waals surface area contributed by atoms with E-state index in [0.717, 1.165) is 17.3 Å². The molecule has 164 valence electrons. The van der Waals surface area contributed by atoms with Crippen molar-refractivity contribution in [2.45, 2.75) is 24.7 Å². The number of carbonyl (C=O) groups excluding carboxylic acids is 1. The lowest BCUT2D eigenvalue weighted by molar-refractivity contribution is -0.119. The first-order chi connectivity index (χ1) is 15.4.